The summed E-state index contributed by atoms with van der Waals surface area (Å²) < 4.78 is 5.97. The molecule has 0 unspecified atom stereocenters. The van der Waals surface area contributed by atoms with Gasteiger partial charge in [-0.1, -0.05) is 36.4 Å². The molecule has 0 spiro atoms. The van der Waals surface area contributed by atoms with Gasteiger partial charge in [0.15, 0.2) is 5.82 Å². The van der Waals surface area contributed by atoms with Gasteiger partial charge in [0.2, 0.25) is 5.88 Å². The number of benzene rings is 1. The van der Waals surface area contributed by atoms with Crippen molar-refractivity contribution in [2.24, 2.45) is 0 Å². The van der Waals surface area contributed by atoms with E-state index in [0.29, 0.717) is 24.9 Å². The molecule has 0 aliphatic carbocycles. The van der Waals surface area contributed by atoms with Crippen molar-refractivity contribution in [2.75, 3.05) is 5.32 Å². The fourth-order valence-corrected chi connectivity index (χ4v) is 3.02. The van der Waals surface area contributed by atoms with E-state index in [-0.39, 0.29) is 0 Å². The van der Waals surface area contributed by atoms with Gasteiger partial charge in [0.05, 0.1) is 0 Å². The maximum absolute atomic E-state index is 5.97. The van der Waals surface area contributed by atoms with E-state index >= 15 is 0 Å². The Morgan fingerprint density at radius 1 is 0.900 bits per heavy atom. The highest BCUT2D eigenvalue weighted by Crippen LogP contribution is 2.23. The van der Waals surface area contributed by atoms with Crippen molar-refractivity contribution >= 4 is 5.82 Å². The molecule has 3 heterocycles. The Hall–Kier alpha value is -3.80. The molecule has 30 heavy (non-hydrogen) atoms. The Morgan fingerprint density at radius 2 is 1.73 bits per heavy atom. The van der Waals surface area contributed by atoms with E-state index in [0.717, 1.165) is 33.8 Å². The summed E-state index contributed by atoms with van der Waals surface area (Å²) in [5.41, 5.74) is 4.89. The van der Waals surface area contributed by atoms with Crippen LogP contribution in [0.1, 0.15) is 22.4 Å². The quantitative estimate of drug-likeness (QED) is 0.485. The number of anilines is 1. The van der Waals surface area contributed by atoms with Crippen molar-refractivity contribution in [3.8, 4) is 17.3 Å². The van der Waals surface area contributed by atoms with Crippen LogP contribution in [-0.2, 0) is 13.2 Å². The number of nitrogens with zero attached hydrogens (tertiary/aromatic N) is 4. The highest BCUT2D eigenvalue weighted by atomic mass is 16.5. The van der Waals surface area contributed by atoms with E-state index in [1.165, 1.54) is 0 Å². The van der Waals surface area contributed by atoms with Crippen LogP contribution >= 0.6 is 0 Å². The molecule has 0 aliphatic rings. The van der Waals surface area contributed by atoms with Crippen LogP contribution in [0.2, 0.25) is 0 Å². The van der Waals surface area contributed by atoms with Crippen molar-refractivity contribution in [3.63, 3.8) is 0 Å². The van der Waals surface area contributed by atoms with Crippen LogP contribution in [0.5, 0.6) is 5.88 Å². The summed E-state index contributed by atoms with van der Waals surface area (Å²) in [5, 5.41) is 3.43. The molecule has 1 aromatic carbocycles. The zero-order valence-electron chi connectivity index (χ0n) is 17.0. The van der Waals surface area contributed by atoms with E-state index < -0.39 is 0 Å². The van der Waals surface area contributed by atoms with E-state index in [1.54, 1.807) is 18.6 Å². The predicted octanol–water partition coefficient (Wildman–Crippen LogP) is 4.74. The van der Waals surface area contributed by atoms with Crippen molar-refractivity contribution in [2.45, 2.75) is 27.0 Å². The van der Waals surface area contributed by atoms with E-state index in [9.17, 15) is 0 Å². The summed E-state index contributed by atoms with van der Waals surface area (Å²) in [6.45, 7) is 5.02. The van der Waals surface area contributed by atoms with E-state index in [2.05, 4.69) is 20.3 Å². The van der Waals surface area contributed by atoms with Crippen molar-refractivity contribution in [3.05, 3.63) is 95.6 Å². The molecule has 1 N–H and O–H groups in total. The molecule has 0 bridgehead atoms. The molecule has 6 heteroatoms. The Labute approximate surface area is 176 Å². The third-order valence-corrected chi connectivity index (χ3v) is 4.82. The molecule has 0 fully saturated rings. The fourth-order valence-electron chi connectivity index (χ4n) is 3.02. The van der Waals surface area contributed by atoms with E-state index in [4.69, 9.17) is 9.72 Å². The van der Waals surface area contributed by atoms with Crippen LogP contribution in [0.4, 0.5) is 5.82 Å². The van der Waals surface area contributed by atoms with Gasteiger partial charge in [-0.3, -0.25) is 4.98 Å². The SMILES string of the molecule is Cc1nc(-c2cccnc2)nc(NCc2cccnc2OCc2ccccc2)c1C. The molecule has 3 aromatic heterocycles. The summed E-state index contributed by atoms with van der Waals surface area (Å²) >= 11 is 0. The second-order valence-corrected chi connectivity index (χ2v) is 6.94. The van der Waals surface area contributed by atoms with Gasteiger partial charge in [-0.25, -0.2) is 15.0 Å². The van der Waals surface area contributed by atoms with Crippen molar-refractivity contribution < 1.29 is 4.74 Å². The van der Waals surface area contributed by atoms with Gasteiger partial charge < -0.3 is 10.1 Å². The van der Waals surface area contributed by atoms with Crippen LogP contribution in [0, 0.1) is 13.8 Å². The molecule has 6 nitrogen and oxygen atoms in total. The largest absolute Gasteiger partial charge is 0.473 e. The van der Waals surface area contributed by atoms with Gasteiger partial charge in [0.1, 0.15) is 12.4 Å². The van der Waals surface area contributed by atoms with Crippen LogP contribution in [0.3, 0.4) is 0 Å². The molecule has 0 saturated carbocycles. The normalized spacial score (nSPS) is 10.6. The summed E-state index contributed by atoms with van der Waals surface area (Å²) in [4.78, 5) is 17.9. The van der Waals surface area contributed by atoms with Gasteiger partial charge in [0, 0.05) is 47.5 Å². The van der Waals surface area contributed by atoms with Gasteiger partial charge in [-0.15, -0.1) is 0 Å². The van der Waals surface area contributed by atoms with Crippen LogP contribution in [0.15, 0.2) is 73.2 Å². The number of nitrogens with one attached hydrogen (secondary N) is 1. The summed E-state index contributed by atoms with van der Waals surface area (Å²) in [5.74, 6) is 2.06. The lowest BCUT2D eigenvalue weighted by Gasteiger charge is -2.14. The molecule has 4 aromatic rings. The molecular formula is C24H23N5O. The Kier molecular flexibility index (Phi) is 5.94. The first-order valence-corrected chi connectivity index (χ1v) is 9.81. The molecule has 4 rings (SSSR count). The minimum Gasteiger partial charge on any atom is -0.473 e. The first kappa shape index (κ1) is 19.5. The lowest BCUT2D eigenvalue weighted by atomic mass is 10.2. The predicted molar refractivity (Wildman–Crippen MR) is 117 cm³/mol. The maximum Gasteiger partial charge on any atom is 0.218 e. The molecule has 0 atom stereocenters. The summed E-state index contributed by atoms with van der Waals surface area (Å²) in [6, 6.07) is 17.8. The van der Waals surface area contributed by atoms with Gasteiger partial charge in [0.25, 0.3) is 0 Å². The van der Waals surface area contributed by atoms with Crippen molar-refractivity contribution in [1.82, 2.24) is 19.9 Å². The number of aryl methyl sites for hydroxylation is 1. The Balaban J connectivity index is 1.52. The first-order valence-electron chi connectivity index (χ1n) is 9.81. The molecule has 0 radical (unpaired) electrons. The lowest BCUT2D eigenvalue weighted by Crippen LogP contribution is -2.09. The standard InChI is InChI=1S/C24H23N5O/c1-17-18(2)28-23(20-10-6-12-25-14-20)29-22(17)27-15-21-11-7-13-26-24(21)30-16-19-8-4-3-5-9-19/h3-14H,15-16H2,1-2H3,(H,27,28,29). The second-order valence-electron chi connectivity index (χ2n) is 6.94. The summed E-state index contributed by atoms with van der Waals surface area (Å²) in [7, 11) is 0. The number of rotatable bonds is 7. The number of hydrogen-bond acceptors (Lipinski definition) is 6. The number of pyridine rings is 2. The Bertz CT molecular complexity index is 1120. The molecular weight excluding hydrogens is 374 g/mol. The Morgan fingerprint density at radius 3 is 2.53 bits per heavy atom. The van der Waals surface area contributed by atoms with Gasteiger partial charge >= 0.3 is 0 Å². The zero-order valence-corrected chi connectivity index (χ0v) is 17.0. The zero-order chi connectivity index (χ0) is 20.8. The second kappa shape index (κ2) is 9.13. The van der Waals surface area contributed by atoms with Gasteiger partial charge in [-0.05, 0) is 37.6 Å². The molecule has 0 aliphatic heterocycles. The minimum absolute atomic E-state index is 0.474. The lowest BCUT2D eigenvalue weighted by molar-refractivity contribution is 0.291. The molecule has 150 valence electrons. The topological polar surface area (TPSA) is 72.8 Å². The average molecular weight is 397 g/mol. The summed E-state index contributed by atoms with van der Waals surface area (Å²) in [6.07, 6.45) is 5.25. The van der Waals surface area contributed by atoms with Gasteiger partial charge in [-0.2, -0.15) is 0 Å². The fraction of sp³-hybridized carbons (Fsp3) is 0.167. The number of aromatic nitrogens is 4. The highest BCUT2D eigenvalue weighted by molar-refractivity contribution is 5.58. The smallest absolute Gasteiger partial charge is 0.218 e. The number of hydrogen-bond donors (Lipinski definition) is 1. The van der Waals surface area contributed by atoms with Crippen LogP contribution < -0.4 is 10.1 Å². The highest BCUT2D eigenvalue weighted by Gasteiger charge is 2.11. The monoisotopic (exact) mass is 397 g/mol. The third-order valence-electron chi connectivity index (χ3n) is 4.82. The minimum atomic E-state index is 0.474. The van der Waals surface area contributed by atoms with Crippen LogP contribution in [-0.4, -0.2) is 19.9 Å². The van der Waals surface area contributed by atoms with E-state index in [1.807, 2.05) is 68.4 Å². The number of ether oxygens (including phenoxy) is 1. The van der Waals surface area contributed by atoms with Crippen LogP contribution in [0.25, 0.3) is 11.4 Å². The third kappa shape index (κ3) is 4.60. The molecule has 0 saturated heterocycles. The first-order chi connectivity index (χ1) is 14.7. The molecule has 0 amide bonds. The van der Waals surface area contributed by atoms with Crippen molar-refractivity contribution in [1.29, 1.82) is 0 Å². The maximum atomic E-state index is 5.97. The average Bonchev–Trinajstić information content (AvgIpc) is 2.80.